The zero-order valence-electron chi connectivity index (χ0n) is 23.8. The monoisotopic (exact) mass is 591 g/mol. The third kappa shape index (κ3) is 7.54. The van der Waals surface area contributed by atoms with Crippen LogP contribution in [-0.4, -0.2) is 29.1 Å². The summed E-state index contributed by atoms with van der Waals surface area (Å²) in [5.41, 5.74) is 2.04. The van der Waals surface area contributed by atoms with Crippen molar-refractivity contribution in [2.45, 2.75) is 70.3 Å². The number of aliphatic carboxylic acids is 1. The third-order valence-electron chi connectivity index (χ3n) is 8.12. The highest BCUT2D eigenvalue weighted by Crippen LogP contribution is 2.38. The van der Waals surface area contributed by atoms with Crippen LogP contribution in [0.3, 0.4) is 0 Å². The van der Waals surface area contributed by atoms with Gasteiger partial charge in [0.05, 0.1) is 17.0 Å². The molecule has 3 atom stereocenters. The van der Waals surface area contributed by atoms with Crippen molar-refractivity contribution in [3.8, 4) is 11.1 Å². The fourth-order valence-corrected chi connectivity index (χ4v) is 5.77. The van der Waals surface area contributed by atoms with Crippen LogP contribution >= 0.6 is 0 Å². The molecule has 1 N–H and O–H groups in total. The van der Waals surface area contributed by atoms with Gasteiger partial charge in [0, 0.05) is 12.6 Å². The molecule has 0 radical (unpaired) electrons. The summed E-state index contributed by atoms with van der Waals surface area (Å²) in [6.07, 6.45) is -6.80. The number of nitrogens with zero attached hydrogens (tertiary/aromatic N) is 1. The minimum absolute atomic E-state index is 0.0114. The lowest BCUT2D eigenvalue weighted by atomic mass is 9.82. The Bertz CT molecular complexity index is 1360. The third-order valence-corrected chi connectivity index (χ3v) is 8.12. The van der Waals surface area contributed by atoms with Crippen molar-refractivity contribution in [2.75, 3.05) is 13.1 Å². The van der Waals surface area contributed by atoms with Gasteiger partial charge in [-0.05, 0) is 96.6 Å². The zero-order chi connectivity index (χ0) is 30.8. The number of benzene rings is 3. The van der Waals surface area contributed by atoms with Crippen LogP contribution in [0.5, 0.6) is 0 Å². The van der Waals surface area contributed by atoms with Gasteiger partial charge in [-0.2, -0.15) is 26.3 Å². The fraction of sp³-hybridized carbons (Fsp3) is 0.424. The summed E-state index contributed by atoms with van der Waals surface area (Å²) in [5.74, 6) is -1.61. The van der Waals surface area contributed by atoms with Gasteiger partial charge in [-0.3, -0.25) is 9.69 Å². The number of rotatable bonds is 8. The molecule has 9 heteroatoms. The predicted octanol–water partition coefficient (Wildman–Crippen LogP) is 9.55. The molecule has 0 amide bonds. The summed E-state index contributed by atoms with van der Waals surface area (Å²) in [4.78, 5) is 14.5. The quantitative estimate of drug-likeness (QED) is 0.265. The Balaban J connectivity index is 1.68. The maximum absolute atomic E-state index is 13.2. The number of halogens is 6. The molecule has 0 aromatic heterocycles. The molecule has 3 aromatic carbocycles. The maximum Gasteiger partial charge on any atom is 0.416 e. The highest BCUT2D eigenvalue weighted by Gasteiger charge is 2.32. The standard InChI is InChI=1S/C33H35F6NO2/c1-20(2)15-30(31(41)42)27-17-25(23-8-12-29(13-9-23)33(37,38)39)16-26(18-27)24-5-4-14-40(19-24)21(3)22-6-10-28(11-7-22)32(34,35)36/h6-13,16-18,20-21,24,30H,4-5,14-15,19H2,1-3H3,(H,41,42). The fourth-order valence-electron chi connectivity index (χ4n) is 5.77. The Morgan fingerprint density at radius 1 is 0.833 bits per heavy atom. The van der Waals surface area contributed by atoms with Crippen molar-refractivity contribution >= 4 is 5.97 Å². The van der Waals surface area contributed by atoms with E-state index in [1.807, 2.05) is 32.9 Å². The number of piperidine rings is 1. The van der Waals surface area contributed by atoms with Crippen LogP contribution in [0.1, 0.15) is 85.7 Å². The van der Waals surface area contributed by atoms with Crippen LogP contribution in [0.4, 0.5) is 26.3 Å². The predicted molar refractivity (Wildman–Crippen MR) is 150 cm³/mol. The molecule has 0 spiro atoms. The average molecular weight is 592 g/mol. The summed E-state index contributed by atoms with van der Waals surface area (Å²) >= 11 is 0. The smallest absolute Gasteiger partial charge is 0.416 e. The summed E-state index contributed by atoms with van der Waals surface area (Å²) in [6.45, 7) is 7.21. The van der Waals surface area contributed by atoms with Crippen LogP contribution in [0.15, 0.2) is 66.7 Å². The first kappa shape index (κ1) is 31.6. The molecule has 226 valence electrons. The van der Waals surface area contributed by atoms with Crippen molar-refractivity contribution in [3.63, 3.8) is 0 Å². The topological polar surface area (TPSA) is 40.5 Å². The van der Waals surface area contributed by atoms with E-state index in [2.05, 4.69) is 4.90 Å². The van der Waals surface area contributed by atoms with E-state index in [9.17, 15) is 36.2 Å². The average Bonchev–Trinajstić information content (AvgIpc) is 2.94. The Hall–Kier alpha value is -3.33. The van der Waals surface area contributed by atoms with Crippen molar-refractivity contribution in [1.82, 2.24) is 4.90 Å². The largest absolute Gasteiger partial charge is 0.481 e. The minimum Gasteiger partial charge on any atom is -0.481 e. The molecular formula is C33H35F6NO2. The molecule has 3 aromatic rings. The van der Waals surface area contributed by atoms with Gasteiger partial charge in [0.2, 0.25) is 0 Å². The van der Waals surface area contributed by atoms with Gasteiger partial charge in [0.15, 0.2) is 0 Å². The molecule has 4 rings (SSSR count). The highest BCUT2D eigenvalue weighted by atomic mass is 19.4. The number of carbonyl (C=O) groups is 1. The SMILES string of the molecule is CC(C)CC(C(=O)O)c1cc(-c2ccc(C(F)(F)F)cc2)cc(C2CCCN(C(C)c3ccc(C(F)(F)F)cc3)C2)c1. The molecule has 0 bridgehead atoms. The van der Waals surface area contributed by atoms with E-state index >= 15 is 0 Å². The van der Waals surface area contributed by atoms with Gasteiger partial charge in [0.1, 0.15) is 0 Å². The first-order valence-corrected chi connectivity index (χ1v) is 14.1. The van der Waals surface area contributed by atoms with Crippen molar-refractivity contribution in [3.05, 3.63) is 94.5 Å². The number of hydrogen-bond acceptors (Lipinski definition) is 2. The number of likely N-dealkylation sites (tertiary alicyclic amines) is 1. The van der Waals surface area contributed by atoms with E-state index in [-0.39, 0.29) is 17.9 Å². The van der Waals surface area contributed by atoms with Gasteiger partial charge in [-0.15, -0.1) is 0 Å². The van der Waals surface area contributed by atoms with Gasteiger partial charge >= 0.3 is 18.3 Å². The number of carboxylic acid groups (broad SMARTS) is 1. The van der Waals surface area contributed by atoms with E-state index in [0.29, 0.717) is 29.7 Å². The Morgan fingerprint density at radius 3 is 1.93 bits per heavy atom. The maximum atomic E-state index is 13.2. The van der Waals surface area contributed by atoms with Gasteiger partial charge < -0.3 is 5.11 Å². The summed E-state index contributed by atoms with van der Waals surface area (Å²) < 4.78 is 78.7. The van der Waals surface area contributed by atoms with E-state index < -0.39 is 35.4 Å². The molecule has 1 fully saturated rings. The van der Waals surface area contributed by atoms with Gasteiger partial charge in [-0.1, -0.05) is 56.3 Å². The molecule has 1 aliphatic heterocycles. The Morgan fingerprint density at radius 2 is 1.40 bits per heavy atom. The highest BCUT2D eigenvalue weighted by molar-refractivity contribution is 5.78. The first-order chi connectivity index (χ1) is 19.6. The molecule has 3 nitrogen and oxygen atoms in total. The molecule has 0 saturated carbocycles. The van der Waals surface area contributed by atoms with E-state index in [4.69, 9.17) is 0 Å². The second-order valence-electron chi connectivity index (χ2n) is 11.6. The molecule has 3 unspecified atom stereocenters. The molecule has 42 heavy (non-hydrogen) atoms. The first-order valence-electron chi connectivity index (χ1n) is 14.1. The van der Waals surface area contributed by atoms with E-state index in [1.165, 1.54) is 24.3 Å². The number of alkyl halides is 6. The van der Waals surface area contributed by atoms with Crippen LogP contribution < -0.4 is 0 Å². The van der Waals surface area contributed by atoms with Crippen LogP contribution in [0, 0.1) is 5.92 Å². The second kappa shape index (κ2) is 12.5. The van der Waals surface area contributed by atoms with Crippen LogP contribution in [0.2, 0.25) is 0 Å². The minimum atomic E-state index is -4.47. The van der Waals surface area contributed by atoms with Gasteiger partial charge in [-0.25, -0.2) is 0 Å². The number of hydrogen-bond donors (Lipinski definition) is 1. The molecule has 1 aliphatic rings. The summed E-state index contributed by atoms with van der Waals surface area (Å²) in [7, 11) is 0. The Labute approximate surface area is 242 Å². The van der Waals surface area contributed by atoms with E-state index in [1.54, 1.807) is 6.07 Å². The Kier molecular flexibility index (Phi) is 9.40. The zero-order valence-corrected chi connectivity index (χ0v) is 23.8. The molecule has 1 saturated heterocycles. The van der Waals surface area contributed by atoms with Crippen LogP contribution in [-0.2, 0) is 17.1 Å². The van der Waals surface area contributed by atoms with E-state index in [0.717, 1.165) is 54.8 Å². The lowest BCUT2D eigenvalue weighted by Gasteiger charge is -2.37. The van der Waals surface area contributed by atoms with Gasteiger partial charge in [0.25, 0.3) is 0 Å². The van der Waals surface area contributed by atoms with Crippen molar-refractivity contribution in [2.24, 2.45) is 5.92 Å². The normalized spacial score (nSPS) is 18.2. The number of carboxylic acids is 1. The molecule has 0 aliphatic carbocycles. The van der Waals surface area contributed by atoms with Crippen LogP contribution in [0.25, 0.3) is 11.1 Å². The summed E-state index contributed by atoms with van der Waals surface area (Å²) in [5, 5.41) is 10.1. The molecular weight excluding hydrogens is 556 g/mol. The lowest BCUT2D eigenvalue weighted by Crippen LogP contribution is -2.36. The summed E-state index contributed by atoms with van der Waals surface area (Å²) in [6, 6.07) is 15.5. The lowest BCUT2D eigenvalue weighted by molar-refractivity contribution is -0.139. The molecule has 1 heterocycles. The van der Waals surface area contributed by atoms with Crippen molar-refractivity contribution < 1.29 is 36.2 Å². The second-order valence-corrected chi connectivity index (χ2v) is 11.6. The van der Waals surface area contributed by atoms with Crippen molar-refractivity contribution in [1.29, 1.82) is 0 Å².